The summed E-state index contributed by atoms with van der Waals surface area (Å²) in [6, 6.07) is 0.251. The van der Waals surface area contributed by atoms with Crippen molar-refractivity contribution in [2.24, 2.45) is 0 Å². The summed E-state index contributed by atoms with van der Waals surface area (Å²) in [5, 5.41) is 13.8. The van der Waals surface area contributed by atoms with Crippen molar-refractivity contribution in [2.75, 3.05) is 25.0 Å². The fourth-order valence-corrected chi connectivity index (χ4v) is 3.68. The van der Waals surface area contributed by atoms with Gasteiger partial charge in [0, 0.05) is 31.9 Å². The normalized spacial score (nSPS) is 18.0. The van der Waals surface area contributed by atoms with E-state index in [0.717, 1.165) is 31.9 Å². The average Bonchev–Trinajstić information content (AvgIpc) is 2.61. The molecule has 0 spiro atoms. The van der Waals surface area contributed by atoms with Crippen molar-refractivity contribution in [3.8, 4) is 0 Å². The van der Waals surface area contributed by atoms with Crippen LogP contribution in [0, 0.1) is 5.41 Å². The number of hydrogen-bond donors (Lipinski definition) is 4. The highest BCUT2D eigenvalue weighted by Gasteiger charge is 2.34. The van der Waals surface area contributed by atoms with Crippen molar-refractivity contribution in [2.45, 2.75) is 63.8 Å². The molecule has 2 aliphatic rings. The van der Waals surface area contributed by atoms with E-state index in [2.05, 4.69) is 27.5 Å². The average molecular weight is 374 g/mol. The van der Waals surface area contributed by atoms with Crippen LogP contribution in [0.25, 0.3) is 0 Å². The highest BCUT2D eigenvalue weighted by molar-refractivity contribution is 5.83. The van der Waals surface area contributed by atoms with Gasteiger partial charge in [-0.25, -0.2) is 9.78 Å². The number of urea groups is 1. The maximum atomic E-state index is 12.4. The Morgan fingerprint density at radius 2 is 2.07 bits per heavy atom. The number of aromatic nitrogens is 2. The van der Waals surface area contributed by atoms with Crippen LogP contribution in [-0.2, 0) is 0 Å². The third-order valence-electron chi connectivity index (χ3n) is 5.43. The Balaban J connectivity index is 1.65. The first-order valence-electron chi connectivity index (χ1n) is 10.1. The fraction of sp³-hybridized carbons (Fsp3) is 0.684. The maximum absolute atomic E-state index is 12.4. The monoisotopic (exact) mass is 374 g/mol. The fourth-order valence-electron chi connectivity index (χ4n) is 3.68. The van der Waals surface area contributed by atoms with Crippen molar-refractivity contribution >= 4 is 18.1 Å². The van der Waals surface area contributed by atoms with Gasteiger partial charge in [-0.15, -0.1) is 0 Å². The van der Waals surface area contributed by atoms with Gasteiger partial charge in [-0.05, 0) is 19.3 Å². The molecule has 1 aliphatic heterocycles. The highest BCUT2D eigenvalue weighted by atomic mass is 16.2. The summed E-state index contributed by atoms with van der Waals surface area (Å²) in [5.74, 6) is 1.13. The number of likely N-dealkylation sites (tertiary alicyclic amines) is 1. The number of H-pyrrole nitrogens is 1. The molecular weight excluding hydrogens is 344 g/mol. The number of carbonyl (C=O) groups is 1. The molecule has 27 heavy (non-hydrogen) atoms. The van der Waals surface area contributed by atoms with Crippen molar-refractivity contribution < 1.29 is 4.79 Å². The zero-order chi connectivity index (χ0) is 19.2. The molecule has 0 atom stereocenters. The predicted octanol–water partition coefficient (Wildman–Crippen LogP) is 2.42. The molecule has 1 saturated heterocycles. The Hall–Kier alpha value is -2.38. The molecule has 8 nitrogen and oxygen atoms in total. The summed E-state index contributed by atoms with van der Waals surface area (Å²) in [6.07, 6.45) is 8.82. The van der Waals surface area contributed by atoms with Gasteiger partial charge in [0.25, 0.3) is 5.56 Å². The maximum Gasteiger partial charge on any atom is 0.317 e. The number of anilines is 1. The van der Waals surface area contributed by atoms with Crippen LogP contribution in [0.4, 0.5) is 10.6 Å². The highest BCUT2D eigenvalue weighted by Crippen LogP contribution is 2.26. The van der Waals surface area contributed by atoms with Gasteiger partial charge < -0.3 is 25.9 Å². The van der Waals surface area contributed by atoms with Gasteiger partial charge in [0.1, 0.15) is 11.6 Å². The second kappa shape index (κ2) is 9.01. The summed E-state index contributed by atoms with van der Waals surface area (Å²) in [5.41, 5.74) is -0.0167. The van der Waals surface area contributed by atoms with E-state index in [1.807, 2.05) is 0 Å². The zero-order valence-electron chi connectivity index (χ0n) is 16.0. The summed E-state index contributed by atoms with van der Waals surface area (Å²) < 4.78 is 0. The second-order valence-corrected chi connectivity index (χ2v) is 7.52. The molecule has 0 bridgehead atoms. The second-order valence-electron chi connectivity index (χ2n) is 7.52. The van der Waals surface area contributed by atoms with E-state index < -0.39 is 0 Å². The Kier molecular flexibility index (Phi) is 6.47. The lowest BCUT2D eigenvalue weighted by Gasteiger charge is -2.38. The SMILES string of the molecule is CCCCNC(=O)N1CC(c2nc(NC3CCCCC3)c(C=N)c(=O)[nH]2)C1. The van der Waals surface area contributed by atoms with Crippen LogP contribution in [0.5, 0.6) is 0 Å². The van der Waals surface area contributed by atoms with Crippen LogP contribution in [0.1, 0.15) is 69.2 Å². The molecule has 0 radical (unpaired) electrons. The number of nitrogens with zero attached hydrogens (tertiary/aromatic N) is 2. The van der Waals surface area contributed by atoms with Crippen molar-refractivity contribution in [1.29, 1.82) is 5.41 Å². The van der Waals surface area contributed by atoms with Gasteiger partial charge in [-0.1, -0.05) is 32.6 Å². The minimum absolute atomic E-state index is 0.0290. The molecule has 148 valence electrons. The number of carbonyl (C=O) groups excluding carboxylic acids is 1. The first-order chi connectivity index (χ1) is 13.1. The minimum atomic E-state index is -0.292. The minimum Gasteiger partial charge on any atom is -0.367 e. The third kappa shape index (κ3) is 4.67. The Morgan fingerprint density at radius 1 is 1.33 bits per heavy atom. The van der Waals surface area contributed by atoms with E-state index in [1.54, 1.807) is 4.90 Å². The first-order valence-corrected chi connectivity index (χ1v) is 10.1. The van der Waals surface area contributed by atoms with Crippen LogP contribution in [-0.4, -0.2) is 52.8 Å². The quantitative estimate of drug-likeness (QED) is 0.433. The van der Waals surface area contributed by atoms with Crippen LogP contribution in [0.2, 0.25) is 0 Å². The Labute approximate surface area is 159 Å². The van der Waals surface area contributed by atoms with Gasteiger partial charge in [-0.3, -0.25) is 4.79 Å². The van der Waals surface area contributed by atoms with Crippen LogP contribution < -0.4 is 16.2 Å². The molecule has 1 aromatic rings. The van der Waals surface area contributed by atoms with E-state index >= 15 is 0 Å². The zero-order valence-corrected chi connectivity index (χ0v) is 16.0. The van der Waals surface area contributed by atoms with Crippen molar-refractivity contribution in [3.05, 3.63) is 21.7 Å². The Morgan fingerprint density at radius 3 is 2.74 bits per heavy atom. The van der Waals surface area contributed by atoms with E-state index in [4.69, 9.17) is 5.41 Å². The van der Waals surface area contributed by atoms with E-state index in [-0.39, 0.29) is 23.1 Å². The summed E-state index contributed by atoms with van der Waals surface area (Å²) >= 11 is 0. The first kappa shape index (κ1) is 19.4. The predicted molar refractivity (Wildman–Crippen MR) is 106 cm³/mol. The molecule has 1 aromatic heterocycles. The molecule has 2 fully saturated rings. The molecule has 3 rings (SSSR count). The lowest BCUT2D eigenvalue weighted by Crippen LogP contribution is -2.53. The van der Waals surface area contributed by atoms with Crippen LogP contribution >= 0.6 is 0 Å². The van der Waals surface area contributed by atoms with E-state index in [0.29, 0.717) is 37.3 Å². The van der Waals surface area contributed by atoms with Crippen LogP contribution in [0.3, 0.4) is 0 Å². The topological polar surface area (TPSA) is 114 Å². The molecule has 2 amide bonds. The molecular formula is C19H30N6O2. The molecule has 4 N–H and O–H groups in total. The lowest BCUT2D eigenvalue weighted by atomic mass is 9.95. The number of hydrogen-bond acceptors (Lipinski definition) is 5. The summed E-state index contributed by atoms with van der Waals surface area (Å²) in [7, 11) is 0. The number of amides is 2. The van der Waals surface area contributed by atoms with Crippen molar-refractivity contribution in [1.82, 2.24) is 20.2 Å². The molecule has 8 heteroatoms. The standard InChI is InChI=1S/C19H30N6O2/c1-2-3-9-21-19(27)25-11-13(12-25)16-23-17(15(10-20)18(26)24-16)22-14-7-5-4-6-8-14/h10,13-14,20H,2-9,11-12H2,1H3,(H,21,27)(H2,22,23,24,26). The van der Waals surface area contributed by atoms with Gasteiger partial charge in [0.15, 0.2) is 0 Å². The number of aromatic amines is 1. The Bertz CT molecular complexity index is 719. The van der Waals surface area contributed by atoms with Gasteiger partial charge >= 0.3 is 6.03 Å². The number of rotatable bonds is 7. The van der Waals surface area contributed by atoms with E-state index in [9.17, 15) is 9.59 Å². The van der Waals surface area contributed by atoms with Crippen LogP contribution in [0.15, 0.2) is 4.79 Å². The van der Waals surface area contributed by atoms with Gasteiger partial charge in [0.05, 0.1) is 11.5 Å². The smallest absolute Gasteiger partial charge is 0.317 e. The molecule has 0 unspecified atom stereocenters. The van der Waals surface area contributed by atoms with E-state index in [1.165, 1.54) is 19.3 Å². The molecule has 0 aromatic carbocycles. The summed E-state index contributed by atoms with van der Waals surface area (Å²) in [4.78, 5) is 33.6. The van der Waals surface area contributed by atoms with Crippen molar-refractivity contribution in [3.63, 3.8) is 0 Å². The number of nitrogens with one attached hydrogen (secondary N) is 4. The van der Waals surface area contributed by atoms with Gasteiger partial charge in [-0.2, -0.15) is 0 Å². The lowest BCUT2D eigenvalue weighted by molar-refractivity contribution is 0.148. The van der Waals surface area contributed by atoms with Gasteiger partial charge in [0.2, 0.25) is 0 Å². The largest absolute Gasteiger partial charge is 0.367 e. The number of unbranched alkanes of at least 4 members (excludes halogenated alkanes) is 1. The third-order valence-corrected chi connectivity index (χ3v) is 5.43. The molecule has 1 saturated carbocycles. The summed E-state index contributed by atoms with van der Waals surface area (Å²) in [6.45, 7) is 3.88. The molecule has 2 heterocycles. The molecule has 1 aliphatic carbocycles.